The minimum absolute atomic E-state index is 0.237. The predicted molar refractivity (Wildman–Crippen MR) is 65.4 cm³/mol. The fraction of sp³-hybridized carbons (Fsp3) is 0.273. The Hall–Kier alpha value is -1.40. The molecule has 1 aromatic heterocycles. The van der Waals surface area contributed by atoms with E-state index in [-0.39, 0.29) is 13.2 Å². The van der Waals surface area contributed by atoms with Crippen LogP contribution in [0.1, 0.15) is 17.3 Å². The fourth-order valence-corrected chi connectivity index (χ4v) is 1.90. The molecule has 0 saturated carbocycles. The zero-order valence-corrected chi connectivity index (χ0v) is 10.9. The molecule has 0 saturated heterocycles. The highest BCUT2D eigenvalue weighted by Gasteiger charge is 2.07. The molecule has 2 aromatic rings. The molecule has 0 atom stereocenters. The summed E-state index contributed by atoms with van der Waals surface area (Å²) in [6.45, 7) is 2.51. The number of nitrogens with zero attached hydrogens (tertiary/aromatic N) is 2. The van der Waals surface area contributed by atoms with Gasteiger partial charge in [0, 0.05) is 0 Å². The van der Waals surface area contributed by atoms with E-state index in [1.165, 1.54) is 0 Å². The van der Waals surface area contributed by atoms with Gasteiger partial charge in [0.05, 0.1) is 11.0 Å². The molecule has 17 heavy (non-hydrogen) atoms. The first kappa shape index (κ1) is 12.1. The van der Waals surface area contributed by atoms with Crippen LogP contribution in [0.4, 0.5) is 0 Å². The van der Waals surface area contributed by atoms with Gasteiger partial charge in [0.25, 0.3) is 0 Å². The van der Waals surface area contributed by atoms with E-state index in [0.717, 1.165) is 15.8 Å². The van der Waals surface area contributed by atoms with Crippen LogP contribution in [0.5, 0.6) is 5.75 Å². The van der Waals surface area contributed by atoms with E-state index < -0.39 is 0 Å². The number of nitrogens with two attached hydrogens (primary N) is 1. The van der Waals surface area contributed by atoms with Gasteiger partial charge in [0.2, 0.25) is 11.7 Å². The Morgan fingerprint density at radius 1 is 1.47 bits per heavy atom. The van der Waals surface area contributed by atoms with E-state index in [0.29, 0.717) is 11.7 Å². The van der Waals surface area contributed by atoms with Crippen molar-refractivity contribution >= 4 is 15.9 Å². The Balaban J connectivity index is 2.02. The molecule has 6 heteroatoms. The van der Waals surface area contributed by atoms with Crippen molar-refractivity contribution in [1.29, 1.82) is 0 Å². The molecule has 0 aliphatic carbocycles. The summed E-state index contributed by atoms with van der Waals surface area (Å²) < 4.78 is 11.3. The van der Waals surface area contributed by atoms with Crippen LogP contribution >= 0.6 is 15.9 Å². The highest BCUT2D eigenvalue weighted by Crippen LogP contribution is 2.26. The number of hydrogen-bond donors (Lipinski definition) is 1. The van der Waals surface area contributed by atoms with Gasteiger partial charge in [-0.25, -0.2) is 0 Å². The Morgan fingerprint density at radius 3 is 2.94 bits per heavy atom. The minimum Gasteiger partial charge on any atom is -0.484 e. The van der Waals surface area contributed by atoms with E-state index in [1.807, 2.05) is 25.1 Å². The van der Waals surface area contributed by atoms with Crippen molar-refractivity contribution in [2.24, 2.45) is 5.73 Å². The maximum absolute atomic E-state index is 5.56. The number of rotatable bonds is 4. The van der Waals surface area contributed by atoms with Crippen LogP contribution in [0.25, 0.3) is 0 Å². The average molecular weight is 298 g/mol. The lowest BCUT2D eigenvalue weighted by Crippen LogP contribution is -2.00. The topological polar surface area (TPSA) is 74.2 Å². The fourth-order valence-electron chi connectivity index (χ4n) is 1.30. The molecule has 90 valence electrons. The first-order valence-electron chi connectivity index (χ1n) is 5.09. The molecule has 1 heterocycles. The molecule has 5 nitrogen and oxygen atoms in total. The summed E-state index contributed by atoms with van der Waals surface area (Å²) >= 11 is 3.43. The Kier molecular flexibility index (Phi) is 3.75. The molecular formula is C11H12BrN3O2. The second-order valence-corrected chi connectivity index (χ2v) is 4.39. The summed E-state index contributed by atoms with van der Waals surface area (Å²) in [5.41, 5.74) is 6.53. The minimum atomic E-state index is 0.237. The van der Waals surface area contributed by atoms with Crippen molar-refractivity contribution in [3.63, 3.8) is 0 Å². The SMILES string of the molecule is Cc1ccc(OCc2noc(CN)n2)c(Br)c1. The van der Waals surface area contributed by atoms with E-state index in [4.69, 9.17) is 15.0 Å². The first-order chi connectivity index (χ1) is 8.19. The highest BCUT2D eigenvalue weighted by atomic mass is 79.9. The van der Waals surface area contributed by atoms with Crippen LogP contribution in [0, 0.1) is 6.92 Å². The zero-order chi connectivity index (χ0) is 12.3. The summed E-state index contributed by atoms with van der Waals surface area (Å²) in [6, 6.07) is 5.85. The van der Waals surface area contributed by atoms with Gasteiger partial charge in [0.15, 0.2) is 6.61 Å². The molecule has 0 aliphatic rings. The molecule has 2 N–H and O–H groups in total. The van der Waals surface area contributed by atoms with Crippen LogP contribution in [0.15, 0.2) is 27.2 Å². The van der Waals surface area contributed by atoms with Gasteiger partial charge in [-0.05, 0) is 40.5 Å². The van der Waals surface area contributed by atoms with E-state index in [2.05, 4.69) is 26.1 Å². The Labute approximate surface area is 107 Å². The lowest BCUT2D eigenvalue weighted by molar-refractivity contribution is 0.283. The quantitative estimate of drug-likeness (QED) is 0.936. The lowest BCUT2D eigenvalue weighted by atomic mass is 10.2. The third-order valence-corrected chi connectivity index (χ3v) is 2.75. The lowest BCUT2D eigenvalue weighted by Gasteiger charge is -2.06. The first-order valence-corrected chi connectivity index (χ1v) is 5.89. The normalized spacial score (nSPS) is 10.5. The highest BCUT2D eigenvalue weighted by molar-refractivity contribution is 9.10. The van der Waals surface area contributed by atoms with E-state index in [9.17, 15) is 0 Å². The van der Waals surface area contributed by atoms with E-state index in [1.54, 1.807) is 0 Å². The maximum atomic E-state index is 5.56. The number of aryl methyl sites for hydroxylation is 1. The van der Waals surface area contributed by atoms with Crippen LogP contribution in [0.3, 0.4) is 0 Å². The molecule has 0 fully saturated rings. The summed E-state index contributed by atoms with van der Waals surface area (Å²) in [7, 11) is 0. The average Bonchev–Trinajstić information content (AvgIpc) is 2.76. The summed E-state index contributed by atoms with van der Waals surface area (Å²) in [5.74, 6) is 1.64. The van der Waals surface area contributed by atoms with Crippen molar-refractivity contribution < 1.29 is 9.26 Å². The predicted octanol–water partition coefficient (Wildman–Crippen LogP) is 2.18. The third-order valence-electron chi connectivity index (χ3n) is 2.13. The summed E-state index contributed by atoms with van der Waals surface area (Å²) in [6.07, 6.45) is 0. The molecule has 0 unspecified atom stereocenters. The van der Waals surface area contributed by atoms with Crippen LogP contribution < -0.4 is 10.5 Å². The molecule has 0 bridgehead atoms. The monoisotopic (exact) mass is 297 g/mol. The van der Waals surface area contributed by atoms with Crippen molar-refractivity contribution in [2.75, 3.05) is 0 Å². The Bertz CT molecular complexity index is 513. The van der Waals surface area contributed by atoms with Crippen LogP contribution in [-0.2, 0) is 13.2 Å². The number of hydrogen-bond acceptors (Lipinski definition) is 5. The molecule has 0 aliphatic heterocycles. The van der Waals surface area contributed by atoms with Gasteiger partial charge in [-0.3, -0.25) is 0 Å². The summed E-state index contributed by atoms with van der Waals surface area (Å²) in [5, 5.41) is 3.74. The largest absolute Gasteiger partial charge is 0.484 e. The van der Waals surface area contributed by atoms with Crippen molar-refractivity contribution in [3.8, 4) is 5.75 Å². The standard InChI is InChI=1S/C11H12BrN3O2/c1-7-2-3-9(8(12)4-7)16-6-10-14-11(5-13)17-15-10/h2-4H,5-6,13H2,1H3. The molecule has 0 radical (unpaired) electrons. The van der Waals surface area contributed by atoms with Gasteiger partial charge in [-0.15, -0.1) is 0 Å². The van der Waals surface area contributed by atoms with Crippen LogP contribution in [-0.4, -0.2) is 10.1 Å². The molecule has 2 rings (SSSR count). The second kappa shape index (κ2) is 5.29. The van der Waals surface area contributed by atoms with Crippen molar-refractivity contribution in [2.45, 2.75) is 20.1 Å². The summed E-state index contributed by atoms with van der Waals surface area (Å²) in [4.78, 5) is 4.05. The van der Waals surface area contributed by atoms with Gasteiger partial charge >= 0.3 is 0 Å². The smallest absolute Gasteiger partial charge is 0.240 e. The van der Waals surface area contributed by atoms with Crippen LogP contribution in [0.2, 0.25) is 0 Å². The van der Waals surface area contributed by atoms with Gasteiger partial charge < -0.3 is 15.0 Å². The van der Waals surface area contributed by atoms with Gasteiger partial charge in [0.1, 0.15) is 5.75 Å². The maximum Gasteiger partial charge on any atom is 0.240 e. The number of ether oxygens (including phenoxy) is 1. The zero-order valence-electron chi connectivity index (χ0n) is 9.31. The number of halogens is 1. The third kappa shape index (κ3) is 3.04. The molecule has 0 spiro atoms. The molecular weight excluding hydrogens is 286 g/mol. The van der Waals surface area contributed by atoms with Gasteiger partial charge in [-0.2, -0.15) is 4.98 Å². The molecule has 0 amide bonds. The number of aromatic nitrogens is 2. The van der Waals surface area contributed by atoms with Crippen molar-refractivity contribution in [3.05, 3.63) is 40.0 Å². The second-order valence-electron chi connectivity index (χ2n) is 3.53. The van der Waals surface area contributed by atoms with Gasteiger partial charge in [-0.1, -0.05) is 11.2 Å². The number of benzene rings is 1. The van der Waals surface area contributed by atoms with E-state index >= 15 is 0 Å². The molecule has 1 aromatic carbocycles. The Morgan fingerprint density at radius 2 is 2.29 bits per heavy atom. The van der Waals surface area contributed by atoms with Crippen molar-refractivity contribution in [1.82, 2.24) is 10.1 Å².